The van der Waals surface area contributed by atoms with E-state index in [1.54, 1.807) is 6.92 Å². The zero-order chi connectivity index (χ0) is 19.6. The lowest BCUT2D eigenvalue weighted by Gasteiger charge is -2.08. The Hall–Kier alpha value is -3.39. The zero-order valence-electron chi connectivity index (χ0n) is 14.5. The van der Waals surface area contributed by atoms with Crippen molar-refractivity contribution >= 4 is 23.4 Å². The number of phenolic OH excluding ortho intramolecular Hbond substituents is 1. The molecule has 2 amide bonds. The third kappa shape index (κ3) is 3.90. The number of aromatic nitrogens is 3. The number of hydrogen-bond acceptors (Lipinski definition) is 5. The molecule has 1 heterocycles. The van der Waals surface area contributed by atoms with Gasteiger partial charge in [-0.3, -0.25) is 20.4 Å². The van der Waals surface area contributed by atoms with Crippen LogP contribution in [0.2, 0.25) is 5.02 Å². The lowest BCUT2D eigenvalue weighted by Crippen LogP contribution is -2.42. The highest BCUT2D eigenvalue weighted by Gasteiger charge is 2.19. The first-order valence-electron chi connectivity index (χ1n) is 7.95. The Kier molecular flexibility index (Phi) is 5.09. The molecule has 2 aromatic carbocycles. The van der Waals surface area contributed by atoms with Crippen LogP contribution in [-0.2, 0) is 0 Å². The number of benzene rings is 2. The Labute approximate surface area is 159 Å². The Morgan fingerprint density at radius 1 is 1.07 bits per heavy atom. The molecule has 0 atom stereocenters. The van der Waals surface area contributed by atoms with E-state index in [0.29, 0.717) is 5.69 Å². The fourth-order valence-corrected chi connectivity index (χ4v) is 2.65. The summed E-state index contributed by atoms with van der Waals surface area (Å²) in [5.74, 6) is -1.61. The molecule has 0 aliphatic rings. The summed E-state index contributed by atoms with van der Waals surface area (Å²) in [5.41, 5.74) is 6.79. The van der Waals surface area contributed by atoms with Crippen LogP contribution in [-0.4, -0.2) is 31.9 Å². The maximum absolute atomic E-state index is 12.3. The van der Waals surface area contributed by atoms with Crippen molar-refractivity contribution in [2.24, 2.45) is 0 Å². The van der Waals surface area contributed by atoms with Gasteiger partial charge in [0.1, 0.15) is 5.75 Å². The molecule has 0 spiro atoms. The molecule has 0 fully saturated rings. The average molecular weight is 386 g/mol. The molecule has 0 radical (unpaired) electrons. The Morgan fingerprint density at radius 3 is 2.56 bits per heavy atom. The first-order chi connectivity index (χ1) is 12.9. The van der Waals surface area contributed by atoms with E-state index in [4.69, 9.17) is 11.6 Å². The number of phenols is 1. The van der Waals surface area contributed by atoms with Crippen LogP contribution in [0.5, 0.6) is 5.75 Å². The van der Waals surface area contributed by atoms with Crippen molar-refractivity contribution in [3.63, 3.8) is 0 Å². The van der Waals surface area contributed by atoms with E-state index in [1.165, 1.54) is 22.9 Å². The molecular weight excluding hydrogens is 370 g/mol. The predicted molar refractivity (Wildman–Crippen MR) is 98.9 cm³/mol. The van der Waals surface area contributed by atoms with Gasteiger partial charge in [0.2, 0.25) is 0 Å². The second-order valence-electron chi connectivity index (χ2n) is 5.84. The van der Waals surface area contributed by atoms with E-state index >= 15 is 0 Å². The highest BCUT2D eigenvalue weighted by Crippen LogP contribution is 2.21. The molecule has 9 heteroatoms. The van der Waals surface area contributed by atoms with Crippen LogP contribution in [0.25, 0.3) is 5.69 Å². The normalized spacial score (nSPS) is 10.5. The number of amides is 2. The summed E-state index contributed by atoms with van der Waals surface area (Å²) < 4.78 is 1.53. The Morgan fingerprint density at radius 2 is 1.81 bits per heavy atom. The van der Waals surface area contributed by atoms with E-state index in [9.17, 15) is 14.7 Å². The van der Waals surface area contributed by atoms with Gasteiger partial charge < -0.3 is 5.11 Å². The quantitative estimate of drug-likeness (QED) is 0.599. The second kappa shape index (κ2) is 7.46. The first kappa shape index (κ1) is 18.4. The number of aromatic hydroxyl groups is 1. The molecule has 0 aliphatic carbocycles. The number of carbonyl (C=O) groups is 2. The number of carbonyl (C=O) groups excluding carboxylic acids is 2. The minimum atomic E-state index is -0.716. The average Bonchev–Trinajstić information content (AvgIpc) is 3.03. The predicted octanol–water partition coefficient (Wildman–Crippen LogP) is 2.32. The van der Waals surface area contributed by atoms with Crippen molar-refractivity contribution in [3.8, 4) is 11.4 Å². The van der Waals surface area contributed by atoms with Gasteiger partial charge in [-0.15, -0.1) is 5.10 Å². The summed E-state index contributed by atoms with van der Waals surface area (Å²) in [5, 5.41) is 17.9. The maximum Gasteiger partial charge on any atom is 0.292 e. The lowest BCUT2D eigenvalue weighted by molar-refractivity contribution is 0.0842. The third-order valence-electron chi connectivity index (χ3n) is 3.85. The number of nitrogens with one attached hydrogen (secondary N) is 2. The third-order valence-corrected chi connectivity index (χ3v) is 4.08. The van der Waals surface area contributed by atoms with Crippen LogP contribution in [0.15, 0.2) is 42.5 Å². The number of aryl methyl sites for hydroxylation is 1. The van der Waals surface area contributed by atoms with Crippen molar-refractivity contribution in [1.29, 1.82) is 0 Å². The smallest absolute Gasteiger partial charge is 0.292 e. The molecular formula is C18H16ClN5O3. The molecule has 8 nitrogen and oxygen atoms in total. The van der Waals surface area contributed by atoms with Gasteiger partial charge in [-0.2, -0.15) is 0 Å². The summed E-state index contributed by atoms with van der Waals surface area (Å²) in [6.45, 7) is 3.64. The van der Waals surface area contributed by atoms with Crippen molar-refractivity contribution in [2.45, 2.75) is 13.8 Å². The summed E-state index contributed by atoms with van der Waals surface area (Å²) in [7, 11) is 0. The molecule has 0 bridgehead atoms. The fraction of sp³-hybridized carbons (Fsp3) is 0.111. The molecule has 3 aromatic rings. The van der Waals surface area contributed by atoms with Gasteiger partial charge in [-0.25, -0.2) is 4.68 Å². The fourth-order valence-electron chi connectivity index (χ4n) is 2.47. The van der Waals surface area contributed by atoms with Crippen LogP contribution in [0.1, 0.15) is 32.1 Å². The van der Waals surface area contributed by atoms with Crippen LogP contribution < -0.4 is 10.9 Å². The molecule has 0 aliphatic heterocycles. The van der Waals surface area contributed by atoms with E-state index < -0.39 is 11.8 Å². The SMILES string of the molecule is Cc1cccc(-n2nnc(C(=O)NNC(=O)c3cc(Cl)ccc3O)c2C)c1. The number of rotatable bonds is 3. The molecule has 1 aromatic heterocycles. The van der Waals surface area contributed by atoms with E-state index in [-0.39, 0.29) is 22.0 Å². The molecule has 27 heavy (non-hydrogen) atoms. The highest BCUT2D eigenvalue weighted by atomic mass is 35.5. The van der Waals surface area contributed by atoms with Crippen LogP contribution in [0.4, 0.5) is 0 Å². The number of halogens is 1. The minimum absolute atomic E-state index is 0.0622. The van der Waals surface area contributed by atoms with Gasteiger partial charge in [-0.05, 0) is 49.7 Å². The van der Waals surface area contributed by atoms with Gasteiger partial charge in [0.05, 0.1) is 16.9 Å². The number of hydrogen-bond donors (Lipinski definition) is 3. The van der Waals surface area contributed by atoms with Gasteiger partial charge in [0, 0.05) is 5.02 Å². The van der Waals surface area contributed by atoms with Crippen LogP contribution >= 0.6 is 11.6 Å². The van der Waals surface area contributed by atoms with Gasteiger partial charge in [-0.1, -0.05) is 28.9 Å². The summed E-state index contributed by atoms with van der Waals surface area (Å²) >= 11 is 5.81. The van der Waals surface area contributed by atoms with Crippen molar-refractivity contribution in [2.75, 3.05) is 0 Å². The van der Waals surface area contributed by atoms with E-state index in [0.717, 1.165) is 11.3 Å². The van der Waals surface area contributed by atoms with Crippen LogP contribution in [0.3, 0.4) is 0 Å². The molecule has 0 saturated heterocycles. The highest BCUT2D eigenvalue weighted by molar-refractivity contribution is 6.31. The Balaban J connectivity index is 1.74. The molecule has 3 rings (SSSR count). The van der Waals surface area contributed by atoms with Crippen molar-refractivity contribution in [1.82, 2.24) is 25.8 Å². The topological polar surface area (TPSA) is 109 Å². The molecule has 3 N–H and O–H groups in total. The minimum Gasteiger partial charge on any atom is -0.507 e. The second-order valence-corrected chi connectivity index (χ2v) is 6.28. The standard InChI is InChI=1S/C18H16ClN5O3/c1-10-4-3-5-13(8-10)24-11(2)16(20-23-24)18(27)22-21-17(26)14-9-12(19)6-7-15(14)25/h3-9,25H,1-2H3,(H,21,26)(H,22,27). The van der Waals surface area contributed by atoms with Crippen LogP contribution in [0, 0.1) is 13.8 Å². The van der Waals surface area contributed by atoms with Crippen molar-refractivity contribution < 1.29 is 14.7 Å². The summed E-state index contributed by atoms with van der Waals surface area (Å²) in [6, 6.07) is 11.6. The first-order valence-corrected chi connectivity index (χ1v) is 8.33. The lowest BCUT2D eigenvalue weighted by atomic mass is 10.2. The van der Waals surface area contributed by atoms with Gasteiger partial charge in [0.25, 0.3) is 11.8 Å². The van der Waals surface area contributed by atoms with Gasteiger partial charge in [0.15, 0.2) is 5.69 Å². The van der Waals surface area contributed by atoms with E-state index in [2.05, 4.69) is 21.2 Å². The van der Waals surface area contributed by atoms with Gasteiger partial charge >= 0.3 is 0 Å². The maximum atomic E-state index is 12.3. The molecule has 0 saturated carbocycles. The Bertz CT molecular complexity index is 1030. The monoisotopic (exact) mass is 385 g/mol. The number of hydrazine groups is 1. The van der Waals surface area contributed by atoms with Crippen molar-refractivity contribution in [3.05, 3.63) is 70.0 Å². The zero-order valence-corrected chi connectivity index (χ0v) is 15.3. The number of nitrogens with zero attached hydrogens (tertiary/aromatic N) is 3. The molecule has 0 unspecified atom stereocenters. The largest absolute Gasteiger partial charge is 0.507 e. The van der Waals surface area contributed by atoms with E-state index in [1.807, 2.05) is 31.2 Å². The summed E-state index contributed by atoms with van der Waals surface area (Å²) in [4.78, 5) is 24.5. The summed E-state index contributed by atoms with van der Waals surface area (Å²) in [6.07, 6.45) is 0. The molecule has 138 valence electrons.